The van der Waals surface area contributed by atoms with E-state index >= 15 is 0 Å². The van der Waals surface area contributed by atoms with Gasteiger partial charge in [-0.1, -0.05) is 30.3 Å². The Balaban J connectivity index is 2.28. The van der Waals surface area contributed by atoms with Crippen LogP contribution in [0.3, 0.4) is 0 Å². The third kappa shape index (κ3) is 1.10. The van der Waals surface area contributed by atoms with E-state index in [1.54, 1.807) is 36.4 Å². The standard InChI is InChI=1S/C10H7F2N/c11-10(12)8(6-13)9(10)7-4-2-1-3-5-7/h1-5,8-9H/t8-,9-/m1/s1. The third-order valence-electron chi connectivity index (χ3n) is 2.35. The van der Waals surface area contributed by atoms with E-state index in [1.165, 1.54) is 0 Å². The van der Waals surface area contributed by atoms with Gasteiger partial charge in [0.15, 0.2) is 0 Å². The molecule has 0 amide bonds. The van der Waals surface area contributed by atoms with E-state index in [2.05, 4.69) is 0 Å². The number of hydrogen-bond donors (Lipinski definition) is 0. The van der Waals surface area contributed by atoms with Gasteiger partial charge in [0.1, 0.15) is 5.92 Å². The molecule has 66 valence electrons. The molecule has 1 aromatic carbocycles. The van der Waals surface area contributed by atoms with Crippen molar-refractivity contribution in [2.75, 3.05) is 0 Å². The highest BCUT2D eigenvalue weighted by atomic mass is 19.3. The van der Waals surface area contributed by atoms with Gasteiger partial charge in [0.25, 0.3) is 5.92 Å². The molecule has 13 heavy (non-hydrogen) atoms. The van der Waals surface area contributed by atoms with Gasteiger partial charge >= 0.3 is 0 Å². The predicted molar refractivity (Wildman–Crippen MR) is 43.2 cm³/mol. The van der Waals surface area contributed by atoms with Crippen LogP contribution in [0.15, 0.2) is 30.3 Å². The molecule has 0 saturated heterocycles. The summed E-state index contributed by atoms with van der Waals surface area (Å²) in [5.41, 5.74) is 0.555. The van der Waals surface area contributed by atoms with Crippen molar-refractivity contribution in [3.63, 3.8) is 0 Å². The molecule has 1 aliphatic rings. The van der Waals surface area contributed by atoms with Crippen LogP contribution in [0.2, 0.25) is 0 Å². The number of hydrogen-bond acceptors (Lipinski definition) is 1. The quantitative estimate of drug-likeness (QED) is 0.649. The van der Waals surface area contributed by atoms with E-state index in [0.29, 0.717) is 5.56 Å². The lowest BCUT2D eigenvalue weighted by atomic mass is 10.1. The fraction of sp³-hybridized carbons (Fsp3) is 0.300. The number of halogens is 2. The number of benzene rings is 1. The van der Waals surface area contributed by atoms with Gasteiger partial charge in [0.2, 0.25) is 0 Å². The Kier molecular flexibility index (Phi) is 1.59. The average Bonchev–Trinajstić information content (AvgIpc) is 2.69. The summed E-state index contributed by atoms with van der Waals surface area (Å²) in [6, 6.07) is 10.1. The molecule has 0 bridgehead atoms. The van der Waals surface area contributed by atoms with Gasteiger partial charge in [0, 0.05) is 0 Å². The molecule has 2 rings (SSSR count). The molecule has 1 nitrogen and oxygen atoms in total. The first kappa shape index (κ1) is 8.18. The molecule has 0 spiro atoms. The molecule has 0 heterocycles. The number of nitrogens with zero attached hydrogens (tertiary/aromatic N) is 1. The number of rotatable bonds is 1. The number of alkyl halides is 2. The van der Waals surface area contributed by atoms with Crippen LogP contribution in [-0.2, 0) is 0 Å². The highest BCUT2D eigenvalue weighted by Crippen LogP contribution is 2.60. The molecule has 2 atom stereocenters. The zero-order valence-corrected chi connectivity index (χ0v) is 6.74. The maximum Gasteiger partial charge on any atom is 0.272 e. The predicted octanol–water partition coefficient (Wildman–Crippen LogP) is 2.56. The summed E-state index contributed by atoms with van der Waals surface area (Å²) in [5, 5.41) is 8.44. The van der Waals surface area contributed by atoms with Crippen molar-refractivity contribution in [2.45, 2.75) is 11.8 Å². The van der Waals surface area contributed by atoms with Crippen molar-refractivity contribution < 1.29 is 8.78 Å². The largest absolute Gasteiger partial charge is 0.272 e. The molecular weight excluding hydrogens is 172 g/mol. The summed E-state index contributed by atoms with van der Waals surface area (Å²) < 4.78 is 25.8. The maximum atomic E-state index is 12.9. The van der Waals surface area contributed by atoms with E-state index < -0.39 is 17.8 Å². The monoisotopic (exact) mass is 179 g/mol. The smallest absolute Gasteiger partial charge is 0.205 e. The Hall–Kier alpha value is -1.43. The van der Waals surface area contributed by atoms with Crippen LogP contribution in [0.4, 0.5) is 8.78 Å². The molecule has 1 saturated carbocycles. The summed E-state index contributed by atoms with van der Waals surface area (Å²) in [4.78, 5) is 0. The summed E-state index contributed by atoms with van der Waals surface area (Å²) in [6.45, 7) is 0. The summed E-state index contributed by atoms with van der Waals surface area (Å²) in [6.07, 6.45) is 0. The first-order chi connectivity index (χ1) is 6.18. The minimum atomic E-state index is -2.82. The third-order valence-corrected chi connectivity index (χ3v) is 2.35. The van der Waals surface area contributed by atoms with Crippen molar-refractivity contribution in [1.29, 1.82) is 5.26 Å². The van der Waals surface area contributed by atoms with Gasteiger partial charge < -0.3 is 0 Å². The topological polar surface area (TPSA) is 23.8 Å². The lowest BCUT2D eigenvalue weighted by Crippen LogP contribution is -1.93. The zero-order valence-electron chi connectivity index (χ0n) is 6.74. The molecule has 3 heteroatoms. The molecule has 0 aromatic heterocycles. The fourth-order valence-corrected chi connectivity index (χ4v) is 1.56. The lowest BCUT2D eigenvalue weighted by Gasteiger charge is -1.95. The number of nitriles is 1. The first-order valence-corrected chi connectivity index (χ1v) is 4.00. The molecule has 1 aromatic rings. The Labute approximate surface area is 74.6 Å². The van der Waals surface area contributed by atoms with Crippen LogP contribution in [0.25, 0.3) is 0 Å². The second-order valence-corrected chi connectivity index (χ2v) is 3.17. The van der Waals surface area contributed by atoms with Crippen molar-refractivity contribution >= 4 is 0 Å². The van der Waals surface area contributed by atoms with Gasteiger partial charge in [-0.3, -0.25) is 0 Å². The van der Waals surface area contributed by atoms with Crippen LogP contribution >= 0.6 is 0 Å². The van der Waals surface area contributed by atoms with Gasteiger partial charge in [0.05, 0.1) is 12.0 Å². The normalized spacial score (nSPS) is 29.3. The van der Waals surface area contributed by atoms with Gasteiger partial charge in [-0.05, 0) is 5.56 Å². The average molecular weight is 179 g/mol. The summed E-state index contributed by atoms with van der Waals surface area (Å²) in [5.74, 6) is -4.84. The minimum absolute atomic E-state index is 0.555. The van der Waals surface area contributed by atoms with Crippen LogP contribution in [-0.4, -0.2) is 5.92 Å². The van der Waals surface area contributed by atoms with Gasteiger partial charge in [-0.2, -0.15) is 5.26 Å². The van der Waals surface area contributed by atoms with Crippen LogP contribution in [0.1, 0.15) is 11.5 Å². The van der Waals surface area contributed by atoms with E-state index in [4.69, 9.17) is 5.26 Å². The molecule has 1 fully saturated rings. The molecule has 0 radical (unpaired) electrons. The second kappa shape index (κ2) is 2.53. The van der Waals surface area contributed by atoms with Crippen LogP contribution < -0.4 is 0 Å². The lowest BCUT2D eigenvalue weighted by molar-refractivity contribution is 0.102. The maximum absolute atomic E-state index is 12.9. The summed E-state index contributed by atoms with van der Waals surface area (Å²) >= 11 is 0. The first-order valence-electron chi connectivity index (χ1n) is 4.00. The van der Waals surface area contributed by atoms with Crippen LogP contribution in [0, 0.1) is 17.2 Å². The van der Waals surface area contributed by atoms with E-state index in [0.717, 1.165) is 0 Å². The zero-order chi connectivity index (χ0) is 9.47. The Morgan fingerprint density at radius 1 is 1.23 bits per heavy atom. The van der Waals surface area contributed by atoms with Crippen molar-refractivity contribution in [3.05, 3.63) is 35.9 Å². The van der Waals surface area contributed by atoms with Crippen molar-refractivity contribution in [2.24, 2.45) is 5.92 Å². The van der Waals surface area contributed by atoms with Gasteiger partial charge in [-0.25, -0.2) is 8.78 Å². The molecule has 0 aliphatic heterocycles. The Morgan fingerprint density at radius 3 is 2.31 bits per heavy atom. The summed E-state index contributed by atoms with van der Waals surface area (Å²) in [7, 11) is 0. The van der Waals surface area contributed by atoms with E-state index in [9.17, 15) is 8.78 Å². The second-order valence-electron chi connectivity index (χ2n) is 3.17. The molecule has 0 N–H and O–H groups in total. The Morgan fingerprint density at radius 2 is 1.85 bits per heavy atom. The van der Waals surface area contributed by atoms with Gasteiger partial charge in [-0.15, -0.1) is 0 Å². The van der Waals surface area contributed by atoms with Crippen LogP contribution in [0.5, 0.6) is 0 Å². The van der Waals surface area contributed by atoms with E-state index in [1.807, 2.05) is 0 Å². The fourth-order valence-electron chi connectivity index (χ4n) is 1.56. The van der Waals surface area contributed by atoms with E-state index in [-0.39, 0.29) is 0 Å². The SMILES string of the molecule is N#C[C@@H]1[C@@H](c2ccccc2)C1(F)F. The Bertz CT molecular complexity index is 353. The molecule has 0 unspecified atom stereocenters. The van der Waals surface area contributed by atoms with Crippen molar-refractivity contribution in [3.8, 4) is 6.07 Å². The highest BCUT2D eigenvalue weighted by Gasteiger charge is 2.69. The highest BCUT2D eigenvalue weighted by molar-refractivity contribution is 5.36. The minimum Gasteiger partial charge on any atom is -0.205 e. The molecule has 1 aliphatic carbocycles. The van der Waals surface area contributed by atoms with Crippen molar-refractivity contribution in [1.82, 2.24) is 0 Å². The molecular formula is C10H7F2N.